The summed E-state index contributed by atoms with van der Waals surface area (Å²) in [5, 5.41) is 3.76. The van der Waals surface area contributed by atoms with Crippen LogP contribution in [-0.4, -0.2) is 19.3 Å². The van der Waals surface area contributed by atoms with Crippen molar-refractivity contribution in [2.24, 2.45) is 0 Å². The topological polar surface area (TPSA) is 21.3 Å². The van der Waals surface area contributed by atoms with Crippen molar-refractivity contribution >= 4 is 0 Å². The zero-order chi connectivity index (χ0) is 14.7. The molecule has 21 heavy (non-hydrogen) atoms. The Morgan fingerprint density at radius 3 is 2.62 bits per heavy atom. The summed E-state index contributed by atoms with van der Waals surface area (Å²) in [6.45, 7) is 3.29. The van der Waals surface area contributed by atoms with Gasteiger partial charge in [-0.15, -0.1) is 0 Å². The molecule has 1 atom stereocenters. The highest BCUT2D eigenvalue weighted by Crippen LogP contribution is 2.46. The number of nitrogens with one attached hydrogen (secondary N) is 1. The first-order valence-corrected chi connectivity index (χ1v) is 8.67. The Labute approximate surface area is 129 Å². The van der Waals surface area contributed by atoms with Crippen LogP contribution in [0.5, 0.6) is 0 Å². The molecule has 0 saturated heterocycles. The van der Waals surface area contributed by atoms with E-state index in [2.05, 4.69) is 36.5 Å². The van der Waals surface area contributed by atoms with Crippen LogP contribution in [0.2, 0.25) is 0 Å². The number of methoxy groups -OCH3 is 1. The zero-order valence-electron chi connectivity index (χ0n) is 13.5. The lowest BCUT2D eigenvalue weighted by Gasteiger charge is -2.47. The average molecular weight is 287 g/mol. The van der Waals surface area contributed by atoms with Crippen LogP contribution in [0.1, 0.15) is 75.0 Å². The lowest BCUT2D eigenvalue weighted by Crippen LogP contribution is -2.50. The van der Waals surface area contributed by atoms with Gasteiger partial charge in [-0.2, -0.15) is 0 Å². The summed E-state index contributed by atoms with van der Waals surface area (Å²) in [7, 11) is 1.88. The van der Waals surface area contributed by atoms with Gasteiger partial charge < -0.3 is 10.1 Å². The average Bonchev–Trinajstić information content (AvgIpc) is 2.40. The van der Waals surface area contributed by atoms with Crippen LogP contribution in [0, 0.1) is 0 Å². The van der Waals surface area contributed by atoms with Crippen molar-refractivity contribution in [1.29, 1.82) is 0 Å². The van der Waals surface area contributed by atoms with Crippen LogP contribution in [0.3, 0.4) is 0 Å². The minimum Gasteiger partial charge on any atom is -0.376 e. The van der Waals surface area contributed by atoms with Crippen molar-refractivity contribution in [3.63, 3.8) is 0 Å². The Hall–Kier alpha value is -0.860. The Balaban J connectivity index is 1.84. The normalized spacial score (nSPS) is 22.4. The predicted molar refractivity (Wildman–Crippen MR) is 87.7 cm³/mol. The highest BCUT2D eigenvalue weighted by atomic mass is 16.5. The van der Waals surface area contributed by atoms with Crippen molar-refractivity contribution in [1.82, 2.24) is 5.32 Å². The van der Waals surface area contributed by atoms with Gasteiger partial charge in [0.2, 0.25) is 0 Å². The Kier molecular flexibility index (Phi) is 4.66. The van der Waals surface area contributed by atoms with Gasteiger partial charge in [0.15, 0.2) is 0 Å². The van der Waals surface area contributed by atoms with Gasteiger partial charge in [-0.3, -0.25) is 0 Å². The number of hydrogen-bond acceptors (Lipinski definition) is 2. The van der Waals surface area contributed by atoms with Crippen LogP contribution in [0.4, 0.5) is 0 Å². The molecule has 1 N–H and O–H groups in total. The molecule has 1 aromatic carbocycles. The van der Waals surface area contributed by atoms with E-state index < -0.39 is 0 Å². The van der Waals surface area contributed by atoms with E-state index in [9.17, 15) is 0 Å². The van der Waals surface area contributed by atoms with E-state index in [0.29, 0.717) is 6.04 Å². The SMILES string of the molecule is CCCNC(c1cccc(C2CCC2)c1)C1(OC)CCC1. The van der Waals surface area contributed by atoms with Gasteiger partial charge in [-0.25, -0.2) is 0 Å². The highest BCUT2D eigenvalue weighted by Gasteiger charge is 2.45. The first kappa shape index (κ1) is 15.1. The summed E-state index contributed by atoms with van der Waals surface area (Å²) in [5.41, 5.74) is 2.98. The maximum Gasteiger partial charge on any atom is 0.0872 e. The Morgan fingerprint density at radius 1 is 1.29 bits per heavy atom. The molecule has 0 spiro atoms. The second-order valence-electron chi connectivity index (χ2n) is 6.81. The maximum atomic E-state index is 5.97. The molecule has 1 aromatic rings. The fourth-order valence-electron chi connectivity index (χ4n) is 3.77. The summed E-state index contributed by atoms with van der Waals surface area (Å²) in [4.78, 5) is 0. The molecule has 2 fully saturated rings. The van der Waals surface area contributed by atoms with Crippen molar-refractivity contribution in [2.45, 2.75) is 69.4 Å². The van der Waals surface area contributed by atoms with Gasteiger partial charge in [0, 0.05) is 7.11 Å². The van der Waals surface area contributed by atoms with Gasteiger partial charge >= 0.3 is 0 Å². The summed E-state index contributed by atoms with van der Waals surface area (Å²) in [6.07, 6.45) is 8.95. The smallest absolute Gasteiger partial charge is 0.0872 e. The largest absolute Gasteiger partial charge is 0.376 e. The number of rotatable bonds is 7. The zero-order valence-corrected chi connectivity index (χ0v) is 13.5. The fraction of sp³-hybridized carbons (Fsp3) is 0.684. The fourth-order valence-corrected chi connectivity index (χ4v) is 3.77. The summed E-state index contributed by atoms with van der Waals surface area (Å²) in [6, 6.07) is 9.62. The molecule has 1 unspecified atom stereocenters. The Morgan fingerprint density at radius 2 is 2.10 bits per heavy atom. The highest BCUT2D eigenvalue weighted by molar-refractivity contribution is 5.32. The summed E-state index contributed by atoms with van der Waals surface area (Å²) < 4.78 is 5.97. The molecule has 0 aromatic heterocycles. The molecule has 0 heterocycles. The second kappa shape index (κ2) is 6.50. The van der Waals surface area contributed by atoms with Gasteiger partial charge in [0.1, 0.15) is 0 Å². The molecule has 116 valence electrons. The molecule has 0 bridgehead atoms. The number of hydrogen-bond donors (Lipinski definition) is 1. The van der Waals surface area contributed by atoms with Gasteiger partial charge in [-0.1, -0.05) is 37.6 Å². The molecule has 0 aliphatic heterocycles. The maximum absolute atomic E-state index is 5.97. The summed E-state index contributed by atoms with van der Waals surface area (Å²) in [5.74, 6) is 0.802. The first-order valence-electron chi connectivity index (χ1n) is 8.67. The predicted octanol–water partition coefficient (Wildman–Crippen LogP) is 4.56. The van der Waals surface area contributed by atoms with Crippen molar-refractivity contribution in [3.05, 3.63) is 35.4 Å². The van der Waals surface area contributed by atoms with E-state index in [4.69, 9.17) is 4.74 Å². The minimum atomic E-state index is 0.0212. The van der Waals surface area contributed by atoms with E-state index >= 15 is 0 Å². The third kappa shape index (κ3) is 2.89. The molecule has 0 radical (unpaired) electrons. The molecule has 2 saturated carbocycles. The van der Waals surface area contributed by atoms with Gasteiger partial charge in [-0.05, 0) is 62.1 Å². The third-order valence-corrected chi connectivity index (χ3v) is 5.55. The van der Waals surface area contributed by atoms with E-state index in [0.717, 1.165) is 12.5 Å². The van der Waals surface area contributed by atoms with Gasteiger partial charge in [0.05, 0.1) is 11.6 Å². The number of ether oxygens (including phenoxy) is 1. The molecule has 2 aliphatic rings. The van der Waals surface area contributed by atoms with Crippen molar-refractivity contribution in [3.8, 4) is 0 Å². The monoisotopic (exact) mass is 287 g/mol. The van der Waals surface area contributed by atoms with Crippen molar-refractivity contribution in [2.75, 3.05) is 13.7 Å². The van der Waals surface area contributed by atoms with Crippen LogP contribution >= 0.6 is 0 Å². The molecular formula is C19H29NO. The van der Waals surface area contributed by atoms with Gasteiger partial charge in [0.25, 0.3) is 0 Å². The van der Waals surface area contributed by atoms with E-state index in [-0.39, 0.29) is 5.60 Å². The Bertz CT molecular complexity index is 457. The van der Waals surface area contributed by atoms with E-state index in [1.165, 1.54) is 56.1 Å². The second-order valence-corrected chi connectivity index (χ2v) is 6.81. The standard InChI is InChI=1S/C19H29NO/c1-3-13-20-18(19(21-2)11-6-12-19)17-10-5-9-16(14-17)15-7-4-8-15/h5,9-10,14-15,18,20H,3-4,6-8,11-13H2,1-2H3. The molecule has 3 rings (SSSR count). The minimum absolute atomic E-state index is 0.0212. The summed E-state index contributed by atoms with van der Waals surface area (Å²) >= 11 is 0. The first-order chi connectivity index (χ1) is 10.3. The molecule has 2 nitrogen and oxygen atoms in total. The van der Waals surface area contributed by atoms with Crippen LogP contribution < -0.4 is 5.32 Å². The third-order valence-electron chi connectivity index (χ3n) is 5.55. The number of benzene rings is 1. The van der Waals surface area contributed by atoms with Crippen LogP contribution in [-0.2, 0) is 4.74 Å². The quantitative estimate of drug-likeness (QED) is 0.793. The molecule has 2 heteroatoms. The lowest BCUT2D eigenvalue weighted by molar-refractivity contribution is -0.0997. The van der Waals surface area contributed by atoms with E-state index in [1.54, 1.807) is 0 Å². The molecule has 0 amide bonds. The van der Waals surface area contributed by atoms with Crippen LogP contribution in [0.25, 0.3) is 0 Å². The van der Waals surface area contributed by atoms with E-state index in [1.807, 2.05) is 7.11 Å². The van der Waals surface area contributed by atoms with Crippen LogP contribution in [0.15, 0.2) is 24.3 Å². The van der Waals surface area contributed by atoms with Crippen molar-refractivity contribution < 1.29 is 4.74 Å². The molecular weight excluding hydrogens is 258 g/mol. The lowest BCUT2D eigenvalue weighted by atomic mass is 9.71. The molecule has 2 aliphatic carbocycles.